The maximum Gasteiger partial charge on any atom is 0.410 e. The Morgan fingerprint density at radius 1 is 1.15 bits per heavy atom. The Hall–Kier alpha value is -2.14. The maximum atomic E-state index is 12.2. The van der Waals surface area contributed by atoms with E-state index in [0.717, 1.165) is 37.3 Å². The Labute approximate surface area is 156 Å². The van der Waals surface area contributed by atoms with E-state index in [1.165, 1.54) is 10.9 Å². The van der Waals surface area contributed by atoms with Crippen molar-refractivity contribution >= 4 is 17.0 Å². The number of pyridine rings is 1. The molecule has 1 aromatic carbocycles. The summed E-state index contributed by atoms with van der Waals surface area (Å²) < 4.78 is 5.48. The molecule has 1 aliphatic rings. The van der Waals surface area contributed by atoms with Crippen molar-refractivity contribution in [2.45, 2.75) is 46.3 Å². The molecule has 3 rings (SSSR count). The zero-order valence-corrected chi connectivity index (χ0v) is 16.3. The van der Waals surface area contributed by atoms with Crippen molar-refractivity contribution in [3.63, 3.8) is 0 Å². The van der Waals surface area contributed by atoms with Crippen LogP contribution < -0.4 is 0 Å². The Balaban J connectivity index is 1.67. The van der Waals surface area contributed by atoms with Gasteiger partial charge in [0, 0.05) is 43.8 Å². The number of hydrogen-bond donors (Lipinski definition) is 0. The summed E-state index contributed by atoms with van der Waals surface area (Å²) in [4.78, 5) is 21.2. The molecule has 140 valence electrons. The number of piperazine rings is 1. The minimum Gasteiger partial charge on any atom is -0.444 e. The van der Waals surface area contributed by atoms with Gasteiger partial charge in [0.1, 0.15) is 5.60 Å². The standard InChI is InChI=1S/C21H29N3O2/c1-5-17-14-16(18-8-6-7-9-19(18)22-17)15-23-10-12-24(13-11-23)20(25)26-21(2,3)4/h6-9,14H,5,10-13,15H2,1-4H3. The van der Waals surface area contributed by atoms with Gasteiger partial charge in [0.2, 0.25) is 0 Å². The van der Waals surface area contributed by atoms with Gasteiger partial charge in [0.15, 0.2) is 0 Å². The summed E-state index contributed by atoms with van der Waals surface area (Å²) in [5, 5.41) is 1.22. The molecule has 1 amide bonds. The zero-order valence-electron chi connectivity index (χ0n) is 16.3. The lowest BCUT2D eigenvalue weighted by atomic mass is 10.1. The first-order valence-electron chi connectivity index (χ1n) is 9.43. The Morgan fingerprint density at radius 3 is 2.50 bits per heavy atom. The largest absolute Gasteiger partial charge is 0.444 e. The predicted molar refractivity (Wildman–Crippen MR) is 104 cm³/mol. The number of benzene rings is 1. The van der Waals surface area contributed by atoms with E-state index < -0.39 is 5.60 Å². The first-order chi connectivity index (χ1) is 12.4. The molecule has 5 nitrogen and oxygen atoms in total. The number of aromatic nitrogens is 1. The fraction of sp³-hybridized carbons (Fsp3) is 0.524. The van der Waals surface area contributed by atoms with E-state index in [-0.39, 0.29) is 6.09 Å². The van der Waals surface area contributed by atoms with E-state index in [1.54, 1.807) is 0 Å². The van der Waals surface area contributed by atoms with Crippen LogP contribution in [-0.4, -0.2) is 52.7 Å². The summed E-state index contributed by atoms with van der Waals surface area (Å²) in [7, 11) is 0. The molecule has 0 unspecified atom stereocenters. The lowest BCUT2D eigenvalue weighted by molar-refractivity contribution is 0.0139. The van der Waals surface area contributed by atoms with Crippen LogP contribution in [0.3, 0.4) is 0 Å². The van der Waals surface area contributed by atoms with E-state index in [4.69, 9.17) is 9.72 Å². The minimum atomic E-state index is -0.444. The van der Waals surface area contributed by atoms with Gasteiger partial charge in [-0.3, -0.25) is 9.88 Å². The van der Waals surface area contributed by atoms with Gasteiger partial charge in [-0.25, -0.2) is 4.79 Å². The van der Waals surface area contributed by atoms with Crippen molar-refractivity contribution in [1.29, 1.82) is 0 Å². The molecule has 0 N–H and O–H groups in total. The molecule has 0 spiro atoms. The van der Waals surface area contributed by atoms with Crippen molar-refractivity contribution < 1.29 is 9.53 Å². The molecule has 26 heavy (non-hydrogen) atoms. The van der Waals surface area contributed by atoms with Gasteiger partial charge >= 0.3 is 6.09 Å². The average Bonchev–Trinajstić information content (AvgIpc) is 2.60. The van der Waals surface area contributed by atoms with Crippen LogP contribution in [-0.2, 0) is 17.7 Å². The van der Waals surface area contributed by atoms with Crippen molar-refractivity contribution in [3.05, 3.63) is 41.6 Å². The predicted octanol–water partition coefficient (Wildman–Crippen LogP) is 3.85. The minimum absolute atomic E-state index is 0.209. The number of rotatable bonds is 3. The third-order valence-electron chi connectivity index (χ3n) is 4.64. The van der Waals surface area contributed by atoms with Gasteiger partial charge in [-0.15, -0.1) is 0 Å². The molecule has 2 aromatic rings. The maximum absolute atomic E-state index is 12.2. The quantitative estimate of drug-likeness (QED) is 0.839. The van der Waals surface area contributed by atoms with Crippen LogP contribution in [0.4, 0.5) is 4.79 Å². The van der Waals surface area contributed by atoms with Crippen LogP contribution in [0.5, 0.6) is 0 Å². The normalized spacial score (nSPS) is 16.1. The molecule has 1 saturated heterocycles. The van der Waals surface area contributed by atoms with E-state index in [0.29, 0.717) is 13.1 Å². The van der Waals surface area contributed by atoms with Crippen LogP contribution in [0, 0.1) is 0 Å². The lowest BCUT2D eigenvalue weighted by Crippen LogP contribution is -2.49. The van der Waals surface area contributed by atoms with E-state index in [9.17, 15) is 4.79 Å². The van der Waals surface area contributed by atoms with Crippen LogP contribution in [0.25, 0.3) is 10.9 Å². The second-order valence-electron chi connectivity index (χ2n) is 7.89. The molecular weight excluding hydrogens is 326 g/mol. The highest BCUT2D eigenvalue weighted by atomic mass is 16.6. The van der Waals surface area contributed by atoms with Crippen LogP contribution in [0.1, 0.15) is 39.0 Å². The number of aryl methyl sites for hydroxylation is 1. The fourth-order valence-corrected chi connectivity index (χ4v) is 3.28. The van der Waals surface area contributed by atoms with Gasteiger partial charge in [-0.2, -0.15) is 0 Å². The molecule has 2 heterocycles. The first kappa shape index (κ1) is 18.6. The van der Waals surface area contributed by atoms with Gasteiger partial charge < -0.3 is 9.64 Å². The SMILES string of the molecule is CCc1cc(CN2CCN(C(=O)OC(C)(C)C)CC2)c2ccccc2n1. The molecule has 1 fully saturated rings. The van der Waals surface area contributed by atoms with Crippen molar-refractivity contribution in [2.24, 2.45) is 0 Å². The monoisotopic (exact) mass is 355 g/mol. The highest BCUT2D eigenvalue weighted by Crippen LogP contribution is 2.21. The topological polar surface area (TPSA) is 45.7 Å². The molecule has 1 aliphatic heterocycles. The smallest absolute Gasteiger partial charge is 0.410 e. The van der Waals surface area contributed by atoms with Crippen LogP contribution in [0.2, 0.25) is 0 Å². The Morgan fingerprint density at radius 2 is 1.85 bits per heavy atom. The number of ether oxygens (including phenoxy) is 1. The number of amides is 1. The van der Waals surface area contributed by atoms with Crippen molar-refractivity contribution in [1.82, 2.24) is 14.8 Å². The van der Waals surface area contributed by atoms with Crippen LogP contribution in [0.15, 0.2) is 30.3 Å². The number of para-hydroxylation sites is 1. The molecule has 0 bridgehead atoms. The van der Waals surface area contributed by atoms with E-state index in [1.807, 2.05) is 31.7 Å². The van der Waals surface area contributed by atoms with Gasteiger partial charge in [0.25, 0.3) is 0 Å². The fourth-order valence-electron chi connectivity index (χ4n) is 3.28. The number of hydrogen-bond acceptors (Lipinski definition) is 4. The third kappa shape index (κ3) is 4.52. The second kappa shape index (κ2) is 7.62. The molecule has 0 saturated carbocycles. The summed E-state index contributed by atoms with van der Waals surface area (Å²) in [6.45, 7) is 11.9. The summed E-state index contributed by atoms with van der Waals surface area (Å²) in [5.74, 6) is 0. The number of carbonyl (C=O) groups is 1. The highest BCUT2D eigenvalue weighted by Gasteiger charge is 2.26. The molecule has 0 radical (unpaired) electrons. The van der Waals surface area contributed by atoms with Crippen molar-refractivity contribution in [3.8, 4) is 0 Å². The molecule has 5 heteroatoms. The number of carbonyl (C=O) groups excluding carboxylic acids is 1. The molecule has 0 aliphatic carbocycles. The summed E-state index contributed by atoms with van der Waals surface area (Å²) >= 11 is 0. The molecule has 1 aromatic heterocycles. The van der Waals surface area contributed by atoms with E-state index >= 15 is 0 Å². The Kier molecular flexibility index (Phi) is 5.47. The highest BCUT2D eigenvalue weighted by molar-refractivity contribution is 5.82. The number of nitrogens with zero attached hydrogens (tertiary/aromatic N) is 3. The average molecular weight is 355 g/mol. The summed E-state index contributed by atoms with van der Waals surface area (Å²) in [6.07, 6.45) is 0.726. The third-order valence-corrected chi connectivity index (χ3v) is 4.64. The van der Waals surface area contributed by atoms with Gasteiger partial charge in [-0.05, 0) is 44.9 Å². The first-order valence-corrected chi connectivity index (χ1v) is 9.43. The number of fused-ring (bicyclic) bond motifs is 1. The van der Waals surface area contributed by atoms with E-state index in [2.05, 4.69) is 36.1 Å². The van der Waals surface area contributed by atoms with Crippen molar-refractivity contribution in [2.75, 3.05) is 26.2 Å². The summed E-state index contributed by atoms with van der Waals surface area (Å²) in [5.41, 5.74) is 3.07. The second-order valence-corrected chi connectivity index (χ2v) is 7.89. The lowest BCUT2D eigenvalue weighted by Gasteiger charge is -2.35. The van der Waals surface area contributed by atoms with Gasteiger partial charge in [-0.1, -0.05) is 25.1 Å². The molecule has 0 atom stereocenters. The Bertz CT molecular complexity index is 774. The van der Waals surface area contributed by atoms with Gasteiger partial charge in [0.05, 0.1) is 5.52 Å². The van der Waals surface area contributed by atoms with Crippen LogP contribution >= 0.6 is 0 Å². The zero-order chi connectivity index (χ0) is 18.7. The molecular formula is C21H29N3O2. The summed E-state index contributed by atoms with van der Waals surface area (Å²) in [6, 6.07) is 10.6.